The number of likely N-dealkylation sites (tertiary alicyclic amines) is 1. The second-order valence-corrected chi connectivity index (χ2v) is 4.53. The lowest BCUT2D eigenvalue weighted by Gasteiger charge is -2.27. The van der Waals surface area contributed by atoms with Crippen molar-refractivity contribution in [2.24, 2.45) is 0 Å². The molecule has 0 radical (unpaired) electrons. The third-order valence-electron chi connectivity index (χ3n) is 3.31. The molecule has 3 heteroatoms. The van der Waals surface area contributed by atoms with Gasteiger partial charge in [0.25, 0.3) is 5.91 Å². The van der Waals surface area contributed by atoms with Crippen LogP contribution in [0.2, 0.25) is 0 Å². The van der Waals surface area contributed by atoms with Crippen molar-refractivity contribution in [3.05, 3.63) is 29.3 Å². The zero-order valence-electron chi connectivity index (χ0n) is 10.5. The maximum atomic E-state index is 12.3. The van der Waals surface area contributed by atoms with Gasteiger partial charge in [0.2, 0.25) is 0 Å². The van der Waals surface area contributed by atoms with Gasteiger partial charge in [-0.3, -0.25) is 4.79 Å². The number of piperidine rings is 1. The SMILES string of the molecule is COc1ccc(C(=O)N2CCCCC2)c(C)c1. The predicted molar refractivity (Wildman–Crippen MR) is 67.5 cm³/mol. The Morgan fingerprint density at radius 2 is 1.94 bits per heavy atom. The number of carbonyl (C=O) groups excluding carboxylic acids is 1. The third-order valence-corrected chi connectivity index (χ3v) is 3.31. The Balaban J connectivity index is 2.18. The van der Waals surface area contributed by atoms with E-state index in [4.69, 9.17) is 4.74 Å². The van der Waals surface area contributed by atoms with E-state index in [0.29, 0.717) is 0 Å². The van der Waals surface area contributed by atoms with E-state index >= 15 is 0 Å². The molecular formula is C14H19NO2. The summed E-state index contributed by atoms with van der Waals surface area (Å²) >= 11 is 0. The summed E-state index contributed by atoms with van der Waals surface area (Å²) in [6, 6.07) is 5.63. The average Bonchev–Trinajstić information content (AvgIpc) is 2.39. The number of nitrogens with zero attached hydrogens (tertiary/aromatic N) is 1. The summed E-state index contributed by atoms with van der Waals surface area (Å²) in [5, 5.41) is 0. The van der Waals surface area contributed by atoms with Crippen molar-refractivity contribution in [2.45, 2.75) is 26.2 Å². The van der Waals surface area contributed by atoms with Crippen molar-refractivity contribution >= 4 is 5.91 Å². The molecule has 0 aliphatic carbocycles. The van der Waals surface area contributed by atoms with E-state index in [1.165, 1.54) is 6.42 Å². The molecule has 0 bridgehead atoms. The Bertz CT molecular complexity index is 409. The Morgan fingerprint density at radius 1 is 1.24 bits per heavy atom. The zero-order valence-corrected chi connectivity index (χ0v) is 10.5. The maximum Gasteiger partial charge on any atom is 0.254 e. The number of methoxy groups -OCH3 is 1. The van der Waals surface area contributed by atoms with Crippen LogP contribution in [0, 0.1) is 6.92 Å². The topological polar surface area (TPSA) is 29.5 Å². The van der Waals surface area contributed by atoms with Gasteiger partial charge in [0.1, 0.15) is 5.75 Å². The summed E-state index contributed by atoms with van der Waals surface area (Å²) in [6.07, 6.45) is 3.49. The predicted octanol–water partition coefficient (Wildman–Crippen LogP) is 2.63. The standard InChI is InChI=1S/C14H19NO2/c1-11-10-12(17-2)6-7-13(11)14(16)15-8-4-3-5-9-15/h6-7,10H,3-5,8-9H2,1-2H3. The molecule has 0 unspecified atom stereocenters. The summed E-state index contributed by atoms with van der Waals surface area (Å²) in [7, 11) is 1.64. The summed E-state index contributed by atoms with van der Waals surface area (Å²) in [5.41, 5.74) is 1.78. The number of ether oxygens (including phenoxy) is 1. The lowest BCUT2D eigenvalue weighted by Crippen LogP contribution is -2.35. The number of amides is 1. The molecule has 0 saturated carbocycles. The van der Waals surface area contributed by atoms with Gasteiger partial charge in [0.05, 0.1) is 7.11 Å². The van der Waals surface area contributed by atoms with Crippen LogP contribution in [0.3, 0.4) is 0 Å². The highest BCUT2D eigenvalue weighted by Gasteiger charge is 2.19. The van der Waals surface area contributed by atoms with Gasteiger partial charge in [0, 0.05) is 18.7 Å². The van der Waals surface area contributed by atoms with E-state index in [2.05, 4.69) is 0 Å². The molecule has 1 heterocycles. The number of aryl methyl sites for hydroxylation is 1. The Hall–Kier alpha value is -1.51. The first-order valence-electron chi connectivity index (χ1n) is 6.16. The first-order valence-corrected chi connectivity index (χ1v) is 6.16. The summed E-state index contributed by atoms with van der Waals surface area (Å²) in [4.78, 5) is 14.3. The fourth-order valence-corrected chi connectivity index (χ4v) is 2.27. The summed E-state index contributed by atoms with van der Waals surface area (Å²) in [6.45, 7) is 3.74. The molecule has 0 atom stereocenters. The van der Waals surface area contributed by atoms with Gasteiger partial charge in [-0.05, 0) is 49.9 Å². The number of hydrogen-bond acceptors (Lipinski definition) is 2. The van der Waals surface area contributed by atoms with E-state index in [1.54, 1.807) is 7.11 Å². The maximum absolute atomic E-state index is 12.3. The molecule has 1 saturated heterocycles. The minimum absolute atomic E-state index is 0.157. The van der Waals surface area contributed by atoms with Gasteiger partial charge < -0.3 is 9.64 Å². The van der Waals surface area contributed by atoms with Crippen molar-refractivity contribution in [1.82, 2.24) is 4.90 Å². The molecule has 3 nitrogen and oxygen atoms in total. The minimum Gasteiger partial charge on any atom is -0.497 e. The van der Waals surface area contributed by atoms with Crippen LogP contribution in [-0.4, -0.2) is 31.0 Å². The zero-order chi connectivity index (χ0) is 12.3. The monoisotopic (exact) mass is 233 g/mol. The molecule has 0 aromatic heterocycles. The van der Waals surface area contributed by atoms with Crippen molar-refractivity contribution in [3.63, 3.8) is 0 Å². The number of carbonyl (C=O) groups is 1. The Kier molecular flexibility index (Phi) is 3.67. The van der Waals surface area contributed by atoms with Gasteiger partial charge in [0.15, 0.2) is 0 Å². The Morgan fingerprint density at radius 3 is 2.53 bits per heavy atom. The van der Waals surface area contributed by atoms with E-state index in [-0.39, 0.29) is 5.91 Å². The number of rotatable bonds is 2. The van der Waals surface area contributed by atoms with Crippen LogP contribution in [-0.2, 0) is 0 Å². The molecule has 1 aromatic rings. The first-order chi connectivity index (χ1) is 8.22. The molecule has 1 amide bonds. The average molecular weight is 233 g/mol. The van der Waals surface area contributed by atoms with Crippen LogP contribution in [0.5, 0.6) is 5.75 Å². The molecule has 0 N–H and O–H groups in total. The normalized spacial score (nSPS) is 15.8. The molecule has 17 heavy (non-hydrogen) atoms. The summed E-state index contributed by atoms with van der Waals surface area (Å²) in [5.74, 6) is 0.961. The number of hydrogen-bond donors (Lipinski definition) is 0. The highest BCUT2D eigenvalue weighted by molar-refractivity contribution is 5.95. The highest BCUT2D eigenvalue weighted by atomic mass is 16.5. The molecule has 1 fully saturated rings. The lowest BCUT2D eigenvalue weighted by molar-refractivity contribution is 0.0723. The van der Waals surface area contributed by atoms with Gasteiger partial charge in [-0.25, -0.2) is 0 Å². The van der Waals surface area contributed by atoms with Crippen LogP contribution in [0.15, 0.2) is 18.2 Å². The molecule has 1 aromatic carbocycles. The van der Waals surface area contributed by atoms with Crippen molar-refractivity contribution < 1.29 is 9.53 Å². The second-order valence-electron chi connectivity index (χ2n) is 4.53. The van der Waals surface area contributed by atoms with Crippen LogP contribution in [0.4, 0.5) is 0 Å². The van der Waals surface area contributed by atoms with Gasteiger partial charge in [-0.1, -0.05) is 0 Å². The largest absolute Gasteiger partial charge is 0.497 e. The molecule has 1 aliphatic rings. The fourth-order valence-electron chi connectivity index (χ4n) is 2.27. The quantitative estimate of drug-likeness (QED) is 0.786. The number of benzene rings is 1. The van der Waals surface area contributed by atoms with Crippen LogP contribution in [0.25, 0.3) is 0 Å². The molecular weight excluding hydrogens is 214 g/mol. The van der Waals surface area contributed by atoms with Gasteiger partial charge in [-0.2, -0.15) is 0 Å². The molecule has 0 spiro atoms. The van der Waals surface area contributed by atoms with Crippen LogP contribution < -0.4 is 4.74 Å². The van der Waals surface area contributed by atoms with E-state index in [1.807, 2.05) is 30.0 Å². The minimum atomic E-state index is 0.157. The van der Waals surface area contributed by atoms with Crippen molar-refractivity contribution in [3.8, 4) is 5.75 Å². The molecule has 1 aliphatic heterocycles. The van der Waals surface area contributed by atoms with Gasteiger partial charge >= 0.3 is 0 Å². The van der Waals surface area contributed by atoms with E-state index in [0.717, 1.165) is 42.8 Å². The molecule has 92 valence electrons. The first kappa shape index (κ1) is 12.0. The Labute approximate surface area is 102 Å². The molecule has 2 rings (SSSR count). The smallest absolute Gasteiger partial charge is 0.254 e. The van der Waals surface area contributed by atoms with Gasteiger partial charge in [-0.15, -0.1) is 0 Å². The summed E-state index contributed by atoms with van der Waals surface area (Å²) < 4.78 is 5.15. The second kappa shape index (κ2) is 5.21. The van der Waals surface area contributed by atoms with E-state index in [9.17, 15) is 4.79 Å². The van der Waals surface area contributed by atoms with Crippen molar-refractivity contribution in [2.75, 3.05) is 20.2 Å². The third kappa shape index (κ3) is 2.60. The fraction of sp³-hybridized carbons (Fsp3) is 0.500. The lowest BCUT2D eigenvalue weighted by atomic mass is 10.0. The highest BCUT2D eigenvalue weighted by Crippen LogP contribution is 2.20. The van der Waals surface area contributed by atoms with Crippen LogP contribution >= 0.6 is 0 Å². The van der Waals surface area contributed by atoms with E-state index < -0.39 is 0 Å². The van der Waals surface area contributed by atoms with Crippen LogP contribution in [0.1, 0.15) is 35.2 Å². The van der Waals surface area contributed by atoms with Crippen molar-refractivity contribution in [1.29, 1.82) is 0 Å².